The van der Waals surface area contributed by atoms with Gasteiger partial charge in [0.15, 0.2) is 0 Å². The number of nitrogens with zero attached hydrogens (tertiary/aromatic N) is 1. The maximum Gasteiger partial charge on any atom is 0.312 e. The molecule has 0 radical (unpaired) electrons. The summed E-state index contributed by atoms with van der Waals surface area (Å²) >= 11 is 0. The molecule has 0 saturated carbocycles. The minimum absolute atomic E-state index is 0.169. The molecule has 0 amide bonds. The number of carbonyl (C=O) groups excluding carboxylic acids is 1. The van der Waals surface area contributed by atoms with Crippen LogP contribution in [0.25, 0.3) is 0 Å². The summed E-state index contributed by atoms with van der Waals surface area (Å²) in [5.74, 6) is -0.169. The Hall–Kier alpha value is -0.610. The van der Waals surface area contributed by atoms with Crippen LogP contribution >= 0.6 is 0 Å². The van der Waals surface area contributed by atoms with Crippen molar-refractivity contribution in [3.63, 3.8) is 0 Å². The normalized spacial score (nSPS) is 11.9. The molecule has 0 atom stereocenters. The summed E-state index contributed by atoms with van der Waals surface area (Å²) in [6.45, 7) is 6.06. The van der Waals surface area contributed by atoms with Crippen molar-refractivity contribution in [3.8, 4) is 0 Å². The highest BCUT2D eigenvalue weighted by atomic mass is 16.5. The van der Waals surface area contributed by atoms with Crippen LogP contribution in [0, 0.1) is 5.41 Å². The zero-order valence-electron chi connectivity index (χ0n) is 9.67. The third-order valence-corrected chi connectivity index (χ3v) is 2.15. The van der Waals surface area contributed by atoms with Gasteiger partial charge in [-0.15, -0.1) is 0 Å². The van der Waals surface area contributed by atoms with Gasteiger partial charge in [-0.2, -0.15) is 0 Å². The number of carbonyl (C=O) groups is 1. The Labute approximate surface area is 86.4 Å². The molecule has 84 valence electrons. The van der Waals surface area contributed by atoms with Crippen molar-refractivity contribution in [1.82, 2.24) is 4.90 Å². The van der Waals surface area contributed by atoms with E-state index in [4.69, 9.17) is 10.5 Å². The van der Waals surface area contributed by atoms with Crippen LogP contribution in [-0.2, 0) is 9.53 Å². The molecule has 4 nitrogen and oxygen atoms in total. The lowest BCUT2D eigenvalue weighted by Gasteiger charge is -2.27. The van der Waals surface area contributed by atoms with Crippen molar-refractivity contribution in [3.05, 3.63) is 0 Å². The summed E-state index contributed by atoms with van der Waals surface area (Å²) < 4.78 is 4.73. The molecule has 0 spiro atoms. The second-order valence-electron chi connectivity index (χ2n) is 4.26. The molecule has 0 aromatic heterocycles. The van der Waals surface area contributed by atoms with Gasteiger partial charge in [0, 0.05) is 6.54 Å². The van der Waals surface area contributed by atoms with Crippen LogP contribution in [0.1, 0.15) is 20.3 Å². The average Bonchev–Trinajstić information content (AvgIpc) is 2.12. The molecule has 0 aliphatic carbocycles. The van der Waals surface area contributed by atoms with Crippen molar-refractivity contribution < 1.29 is 9.53 Å². The first-order chi connectivity index (χ1) is 6.44. The Morgan fingerprint density at radius 3 is 2.50 bits per heavy atom. The zero-order chi connectivity index (χ0) is 11.2. The van der Waals surface area contributed by atoms with E-state index in [-0.39, 0.29) is 5.97 Å². The number of ether oxygens (including phenoxy) is 1. The van der Waals surface area contributed by atoms with Gasteiger partial charge < -0.3 is 15.4 Å². The molecule has 0 aliphatic rings. The number of nitrogens with two attached hydrogens (primary N) is 1. The van der Waals surface area contributed by atoms with E-state index < -0.39 is 5.41 Å². The predicted molar refractivity (Wildman–Crippen MR) is 57.0 cm³/mol. The van der Waals surface area contributed by atoms with E-state index in [1.165, 1.54) is 7.11 Å². The second-order valence-corrected chi connectivity index (χ2v) is 4.26. The van der Waals surface area contributed by atoms with Crippen LogP contribution < -0.4 is 5.73 Å². The summed E-state index contributed by atoms with van der Waals surface area (Å²) in [5.41, 5.74) is 4.96. The van der Waals surface area contributed by atoms with Gasteiger partial charge in [-0.05, 0) is 40.4 Å². The van der Waals surface area contributed by atoms with E-state index >= 15 is 0 Å². The maximum absolute atomic E-state index is 11.4. The molecule has 0 aromatic rings. The topological polar surface area (TPSA) is 55.6 Å². The van der Waals surface area contributed by atoms with Crippen LogP contribution in [0.3, 0.4) is 0 Å². The molecule has 0 unspecified atom stereocenters. The lowest BCUT2D eigenvalue weighted by Crippen LogP contribution is -2.38. The number of hydrogen-bond acceptors (Lipinski definition) is 4. The molecule has 0 saturated heterocycles. The Balaban J connectivity index is 4.01. The summed E-state index contributed by atoms with van der Waals surface area (Å²) in [7, 11) is 3.41. The number of esters is 1. The van der Waals surface area contributed by atoms with Gasteiger partial charge in [0.1, 0.15) is 0 Å². The monoisotopic (exact) mass is 202 g/mol. The summed E-state index contributed by atoms with van der Waals surface area (Å²) in [6, 6.07) is 0. The van der Waals surface area contributed by atoms with E-state index in [1.807, 2.05) is 20.9 Å². The van der Waals surface area contributed by atoms with Crippen molar-refractivity contribution in [1.29, 1.82) is 0 Å². The lowest BCUT2D eigenvalue weighted by molar-refractivity contribution is -0.151. The minimum atomic E-state index is -0.446. The first kappa shape index (κ1) is 13.4. The van der Waals surface area contributed by atoms with Crippen molar-refractivity contribution >= 4 is 5.97 Å². The van der Waals surface area contributed by atoms with Gasteiger partial charge in [-0.1, -0.05) is 0 Å². The van der Waals surface area contributed by atoms with Crippen LogP contribution in [0.15, 0.2) is 0 Å². The number of hydrogen-bond donors (Lipinski definition) is 1. The first-order valence-corrected chi connectivity index (χ1v) is 4.91. The van der Waals surface area contributed by atoms with Gasteiger partial charge in [-0.3, -0.25) is 4.79 Å². The fraction of sp³-hybridized carbons (Fsp3) is 0.900. The van der Waals surface area contributed by atoms with Gasteiger partial charge in [0.2, 0.25) is 0 Å². The average molecular weight is 202 g/mol. The number of methoxy groups -OCH3 is 1. The van der Waals surface area contributed by atoms with Crippen LogP contribution in [-0.4, -0.2) is 44.7 Å². The minimum Gasteiger partial charge on any atom is -0.469 e. The Morgan fingerprint density at radius 2 is 2.07 bits per heavy atom. The maximum atomic E-state index is 11.4. The zero-order valence-corrected chi connectivity index (χ0v) is 9.67. The van der Waals surface area contributed by atoms with Crippen LogP contribution in [0.5, 0.6) is 0 Å². The van der Waals surface area contributed by atoms with E-state index in [2.05, 4.69) is 4.90 Å². The number of rotatable bonds is 6. The molecule has 0 bridgehead atoms. The van der Waals surface area contributed by atoms with Gasteiger partial charge >= 0.3 is 5.97 Å². The van der Waals surface area contributed by atoms with Crippen molar-refractivity contribution in [2.75, 3.05) is 33.8 Å². The highest BCUT2D eigenvalue weighted by molar-refractivity contribution is 5.76. The largest absolute Gasteiger partial charge is 0.469 e. The highest BCUT2D eigenvalue weighted by Crippen LogP contribution is 2.18. The summed E-state index contributed by atoms with van der Waals surface area (Å²) in [6.07, 6.45) is 0.952. The molecular weight excluding hydrogens is 180 g/mol. The third-order valence-electron chi connectivity index (χ3n) is 2.15. The van der Waals surface area contributed by atoms with E-state index in [0.29, 0.717) is 13.1 Å². The smallest absolute Gasteiger partial charge is 0.312 e. The summed E-state index contributed by atoms with van der Waals surface area (Å²) in [5, 5.41) is 0. The first-order valence-electron chi connectivity index (χ1n) is 4.91. The standard InChI is InChI=1S/C10H22N2O2/c1-10(2,9(13)14-4)8-12(3)7-5-6-11/h5-8,11H2,1-4H3. The molecule has 4 heteroatoms. The van der Waals surface area contributed by atoms with Crippen LogP contribution in [0.4, 0.5) is 0 Å². The van der Waals surface area contributed by atoms with E-state index in [1.54, 1.807) is 0 Å². The second kappa shape index (κ2) is 5.98. The summed E-state index contributed by atoms with van der Waals surface area (Å²) in [4.78, 5) is 13.5. The fourth-order valence-electron chi connectivity index (χ4n) is 1.46. The van der Waals surface area contributed by atoms with Crippen molar-refractivity contribution in [2.24, 2.45) is 11.1 Å². The molecule has 0 aromatic carbocycles. The SMILES string of the molecule is COC(=O)C(C)(C)CN(C)CCCN. The molecule has 2 N–H and O–H groups in total. The Morgan fingerprint density at radius 1 is 1.50 bits per heavy atom. The van der Waals surface area contributed by atoms with Crippen LogP contribution in [0.2, 0.25) is 0 Å². The lowest BCUT2D eigenvalue weighted by atomic mass is 9.93. The van der Waals surface area contributed by atoms with Gasteiger partial charge in [0.05, 0.1) is 12.5 Å². The third kappa shape index (κ3) is 4.58. The van der Waals surface area contributed by atoms with E-state index in [9.17, 15) is 4.79 Å². The molecule has 14 heavy (non-hydrogen) atoms. The molecular formula is C10H22N2O2. The Bertz CT molecular complexity index is 181. The predicted octanol–water partition coefficient (Wildman–Crippen LogP) is 0.466. The molecule has 0 aliphatic heterocycles. The van der Waals surface area contributed by atoms with Crippen molar-refractivity contribution in [2.45, 2.75) is 20.3 Å². The molecule has 0 rings (SSSR count). The van der Waals surface area contributed by atoms with Gasteiger partial charge in [-0.25, -0.2) is 0 Å². The quantitative estimate of drug-likeness (QED) is 0.636. The van der Waals surface area contributed by atoms with E-state index in [0.717, 1.165) is 13.0 Å². The molecule has 0 fully saturated rings. The fourth-order valence-corrected chi connectivity index (χ4v) is 1.46. The van der Waals surface area contributed by atoms with Gasteiger partial charge in [0.25, 0.3) is 0 Å². The Kier molecular flexibility index (Phi) is 5.72. The molecule has 0 heterocycles. The highest BCUT2D eigenvalue weighted by Gasteiger charge is 2.29.